The number of hydrogen-bond acceptors (Lipinski definition) is 4. The molecular weight excluding hydrogens is 178 g/mol. The quantitative estimate of drug-likeness (QED) is 0.578. The minimum atomic E-state index is -3.21. The van der Waals surface area contributed by atoms with Gasteiger partial charge in [0.05, 0.1) is 11.3 Å². The zero-order valence-electron chi connectivity index (χ0n) is 6.65. The van der Waals surface area contributed by atoms with Crippen molar-refractivity contribution in [1.82, 2.24) is 0 Å². The molecule has 0 radical (unpaired) electrons. The monoisotopic (exact) mass is 187 g/mol. The highest BCUT2D eigenvalue weighted by Crippen LogP contribution is 2.48. The van der Waals surface area contributed by atoms with E-state index in [9.17, 15) is 13.2 Å². The van der Waals surface area contributed by atoms with Crippen LogP contribution < -0.4 is 0 Å². The van der Waals surface area contributed by atoms with Crippen molar-refractivity contribution in [3.8, 4) is 6.07 Å². The molecule has 0 unspecified atom stereocenters. The maximum absolute atomic E-state index is 11.2. The predicted octanol–water partition coefficient (Wildman–Crippen LogP) is -0.0977. The molecule has 0 aromatic carbocycles. The molecular formula is C7H9NO3S. The average molecular weight is 187 g/mol. The van der Waals surface area contributed by atoms with Crippen LogP contribution >= 0.6 is 0 Å². The Kier molecular flexibility index (Phi) is 1.96. The number of sulfone groups is 1. The lowest BCUT2D eigenvalue weighted by molar-refractivity contribution is -0.110. The van der Waals surface area contributed by atoms with Crippen molar-refractivity contribution in [1.29, 1.82) is 5.26 Å². The summed E-state index contributed by atoms with van der Waals surface area (Å²) in [5.41, 5.74) is -1.23. The Hall–Kier alpha value is -0.890. The van der Waals surface area contributed by atoms with Crippen molar-refractivity contribution >= 4 is 16.1 Å². The first-order chi connectivity index (χ1) is 5.52. The number of carbonyl (C=O) groups is 1. The second-order valence-corrected chi connectivity index (χ2v) is 5.39. The van der Waals surface area contributed by atoms with E-state index in [4.69, 9.17) is 5.26 Å². The van der Waals surface area contributed by atoms with Crippen LogP contribution in [0.3, 0.4) is 0 Å². The fourth-order valence-corrected chi connectivity index (χ4v) is 2.85. The summed E-state index contributed by atoms with van der Waals surface area (Å²) in [6, 6.07) is 1.75. The summed E-state index contributed by atoms with van der Waals surface area (Å²) in [7, 11) is -3.21. The molecule has 0 aromatic rings. The fraction of sp³-hybridized carbons (Fsp3) is 0.714. The molecule has 2 atom stereocenters. The van der Waals surface area contributed by atoms with Crippen LogP contribution in [0.2, 0.25) is 0 Å². The van der Waals surface area contributed by atoms with Gasteiger partial charge in [-0.3, -0.25) is 0 Å². The molecule has 12 heavy (non-hydrogen) atoms. The molecule has 1 aliphatic carbocycles. The van der Waals surface area contributed by atoms with Gasteiger partial charge in [0.25, 0.3) is 0 Å². The SMILES string of the molecule is CCS(=O)(=O)[C@@H]1C[C@]1(C#N)C=O. The maximum Gasteiger partial charge on any atom is 0.154 e. The van der Waals surface area contributed by atoms with Gasteiger partial charge in [0.15, 0.2) is 9.84 Å². The lowest BCUT2D eigenvalue weighted by atomic mass is 10.2. The Balaban J connectivity index is 2.90. The summed E-state index contributed by atoms with van der Waals surface area (Å²) in [5.74, 6) is -0.00502. The third-order valence-electron chi connectivity index (χ3n) is 2.19. The van der Waals surface area contributed by atoms with Crippen LogP contribution in [-0.4, -0.2) is 25.7 Å². The van der Waals surface area contributed by atoms with E-state index in [0.29, 0.717) is 6.29 Å². The molecule has 0 N–H and O–H groups in total. The van der Waals surface area contributed by atoms with E-state index in [1.165, 1.54) is 6.92 Å². The van der Waals surface area contributed by atoms with Crippen LogP contribution in [0.1, 0.15) is 13.3 Å². The summed E-state index contributed by atoms with van der Waals surface area (Å²) >= 11 is 0. The summed E-state index contributed by atoms with van der Waals surface area (Å²) in [6.07, 6.45) is 0.619. The van der Waals surface area contributed by atoms with Crippen LogP contribution in [0.25, 0.3) is 0 Å². The van der Waals surface area contributed by atoms with Crippen LogP contribution in [0.5, 0.6) is 0 Å². The van der Waals surface area contributed by atoms with E-state index in [1.807, 2.05) is 0 Å². The predicted molar refractivity (Wildman–Crippen MR) is 42.0 cm³/mol. The molecule has 0 bridgehead atoms. The Bertz CT molecular complexity index is 340. The number of nitriles is 1. The van der Waals surface area contributed by atoms with Crippen molar-refractivity contribution in [2.24, 2.45) is 5.41 Å². The van der Waals surface area contributed by atoms with E-state index in [-0.39, 0.29) is 12.2 Å². The number of aldehydes is 1. The van der Waals surface area contributed by atoms with Gasteiger partial charge in [-0.05, 0) is 6.42 Å². The van der Waals surface area contributed by atoms with E-state index in [2.05, 4.69) is 0 Å². The number of rotatable bonds is 3. The Labute approximate surface area is 71.1 Å². The van der Waals surface area contributed by atoms with Gasteiger partial charge in [-0.2, -0.15) is 5.26 Å². The third-order valence-corrected chi connectivity index (χ3v) is 4.45. The standard InChI is InChI=1S/C7H9NO3S/c1-2-12(10,11)6-3-7(6,4-8)5-9/h5-6H,2-3H2,1H3/t6-,7+/m1/s1. The first-order valence-electron chi connectivity index (χ1n) is 3.61. The van der Waals surface area contributed by atoms with Gasteiger partial charge in [0, 0.05) is 5.75 Å². The zero-order valence-corrected chi connectivity index (χ0v) is 7.47. The normalized spacial score (nSPS) is 33.8. The first kappa shape index (κ1) is 9.20. The summed E-state index contributed by atoms with van der Waals surface area (Å²) in [4.78, 5) is 10.4. The largest absolute Gasteiger partial charge is 0.302 e. The fourth-order valence-electron chi connectivity index (χ4n) is 1.16. The number of nitrogens with zero attached hydrogens (tertiary/aromatic N) is 1. The van der Waals surface area contributed by atoms with Crippen molar-refractivity contribution < 1.29 is 13.2 Å². The summed E-state index contributed by atoms with van der Waals surface area (Å²) in [5, 5.41) is 7.79. The Morgan fingerprint density at radius 2 is 2.33 bits per heavy atom. The molecule has 0 amide bonds. The van der Waals surface area contributed by atoms with Crippen LogP contribution in [0.4, 0.5) is 0 Å². The van der Waals surface area contributed by atoms with E-state index < -0.39 is 20.5 Å². The Morgan fingerprint density at radius 1 is 1.75 bits per heavy atom. The van der Waals surface area contributed by atoms with Crippen LogP contribution in [0.15, 0.2) is 0 Å². The number of hydrogen-bond donors (Lipinski definition) is 0. The van der Waals surface area contributed by atoms with Gasteiger partial charge in [0.2, 0.25) is 0 Å². The summed E-state index contributed by atoms with van der Waals surface area (Å²) in [6.45, 7) is 1.51. The van der Waals surface area contributed by atoms with E-state index >= 15 is 0 Å². The molecule has 1 rings (SSSR count). The molecule has 66 valence electrons. The van der Waals surface area contributed by atoms with Gasteiger partial charge in [-0.15, -0.1) is 0 Å². The Morgan fingerprint density at radius 3 is 2.58 bits per heavy atom. The highest BCUT2D eigenvalue weighted by Gasteiger charge is 2.61. The van der Waals surface area contributed by atoms with Crippen LogP contribution in [-0.2, 0) is 14.6 Å². The topological polar surface area (TPSA) is 75.0 Å². The zero-order chi connectivity index (χ0) is 9.41. The minimum Gasteiger partial charge on any atom is -0.302 e. The minimum absolute atomic E-state index is 0.00502. The van der Waals surface area contributed by atoms with Crippen molar-refractivity contribution in [2.75, 3.05) is 5.75 Å². The van der Waals surface area contributed by atoms with Crippen molar-refractivity contribution in [3.63, 3.8) is 0 Å². The van der Waals surface area contributed by atoms with Gasteiger partial charge in [-0.25, -0.2) is 8.42 Å². The van der Waals surface area contributed by atoms with Crippen LogP contribution in [0, 0.1) is 16.7 Å². The lowest BCUT2D eigenvalue weighted by Gasteiger charge is -1.98. The highest BCUT2D eigenvalue weighted by molar-refractivity contribution is 7.92. The average Bonchev–Trinajstić information content (AvgIpc) is 2.80. The highest BCUT2D eigenvalue weighted by atomic mass is 32.2. The molecule has 1 aliphatic rings. The van der Waals surface area contributed by atoms with E-state index in [0.717, 1.165) is 0 Å². The molecule has 1 saturated carbocycles. The second kappa shape index (κ2) is 2.56. The van der Waals surface area contributed by atoms with Gasteiger partial charge < -0.3 is 4.79 Å². The number of carbonyl (C=O) groups excluding carboxylic acids is 1. The van der Waals surface area contributed by atoms with Gasteiger partial charge >= 0.3 is 0 Å². The van der Waals surface area contributed by atoms with Gasteiger partial charge in [-0.1, -0.05) is 6.92 Å². The molecule has 0 spiro atoms. The summed E-state index contributed by atoms with van der Waals surface area (Å²) < 4.78 is 22.4. The molecule has 4 nitrogen and oxygen atoms in total. The van der Waals surface area contributed by atoms with Crippen molar-refractivity contribution in [3.05, 3.63) is 0 Å². The third kappa shape index (κ3) is 1.12. The molecule has 0 aromatic heterocycles. The van der Waals surface area contributed by atoms with Gasteiger partial charge in [0.1, 0.15) is 11.7 Å². The molecule has 5 heteroatoms. The lowest BCUT2D eigenvalue weighted by Crippen LogP contribution is -2.17. The first-order valence-corrected chi connectivity index (χ1v) is 5.33. The second-order valence-electron chi connectivity index (χ2n) is 2.91. The molecule has 0 heterocycles. The molecule has 1 fully saturated rings. The smallest absolute Gasteiger partial charge is 0.154 e. The van der Waals surface area contributed by atoms with Crippen molar-refractivity contribution in [2.45, 2.75) is 18.6 Å². The molecule has 0 saturated heterocycles. The van der Waals surface area contributed by atoms with E-state index in [1.54, 1.807) is 6.07 Å². The maximum atomic E-state index is 11.2. The molecule has 0 aliphatic heterocycles.